The highest BCUT2D eigenvalue weighted by Gasteiger charge is 2.28. The molecule has 0 aliphatic carbocycles. The second-order valence-electron chi connectivity index (χ2n) is 5.20. The summed E-state index contributed by atoms with van der Waals surface area (Å²) in [7, 11) is 1.36. The van der Waals surface area contributed by atoms with Crippen LogP contribution in [0.3, 0.4) is 0 Å². The minimum absolute atomic E-state index is 0.0115. The average Bonchev–Trinajstić information content (AvgIpc) is 2.99. The molecule has 0 N–H and O–H groups in total. The lowest BCUT2D eigenvalue weighted by Crippen LogP contribution is -2.26. The normalized spacial score (nSPS) is 13.0. The number of aryl methyl sites for hydroxylation is 1. The standard InChI is InChI=1S/C14H8ClF6N5/c1-25-11(15)10(9-7(17)2-6(16)3-8(9)18)12(22-4-14(19,20)21)26-13(25)23-5-24-26/h2-3,5H,4H2,1H3. The third kappa shape index (κ3) is 3.14. The van der Waals surface area contributed by atoms with Crippen LogP contribution in [0.15, 0.2) is 23.5 Å². The second kappa shape index (κ2) is 6.31. The number of fused-ring (bicyclic) bond motifs is 1. The van der Waals surface area contributed by atoms with Gasteiger partial charge < -0.3 is 4.57 Å². The predicted molar refractivity (Wildman–Crippen MR) is 78.8 cm³/mol. The number of benzene rings is 1. The number of halogens is 7. The third-order valence-corrected chi connectivity index (χ3v) is 3.86. The van der Waals surface area contributed by atoms with Gasteiger partial charge in [0.05, 0.1) is 11.1 Å². The Morgan fingerprint density at radius 2 is 1.73 bits per heavy atom. The van der Waals surface area contributed by atoms with Crippen LogP contribution < -0.4 is 5.49 Å². The number of rotatable bonds is 2. The van der Waals surface area contributed by atoms with E-state index < -0.39 is 46.8 Å². The first-order valence-corrected chi connectivity index (χ1v) is 7.28. The highest BCUT2D eigenvalue weighted by molar-refractivity contribution is 6.32. The molecule has 2 heterocycles. The van der Waals surface area contributed by atoms with E-state index in [-0.39, 0.29) is 10.9 Å². The van der Waals surface area contributed by atoms with Crippen molar-refractivity contribution in [1.82, 2.24) is 19.2 Å². The maximum absolute atomic E-state index is 14.2. The summed E-state index contributed by atoms with van der Waals surface area (Å²) in [5, 5.41) is 3.38. The van der Waals surface area contributed by atoms with Gasteiger partial charge in [-0.1, -0.05) is 11.6 Å². The van der Waals surface area contributed by atoms with E-state index >= 15 is 0 Å². The van der Waals surface area contributed by atoms with Crippen molar-refractivity contribution >= 4 is 17.4 Å². The van der Waals surface area contributed by atoms with Crippen molar-refractivity contribution in [2.75, 3.05) is 6.54 Å². The van der Waals surface area contributed by atoms with Crippen LogP contribution in [-0.2, 0) is 7.05 Å². The Balaban J connectivity index is 2.47. The SMILES string of the molecule is Cn1c(Cl)c(-c2c(F)cc(F)cc2F)c(=NCC(F)(F)F)n2ncnc12. The first kappa shape index (κ1) is 18.2. The van der Waals surface area contributed by atoms with E-state index in [1.807, 2.05) is 0 Å². The molecular formula is C14H8ClF6N5. The van der Waals surface area contributed by atoms with Gasteiger partial charge >= 0.3 is 6.18 Å². The first-order chi connectivity index (χ1) is 12.1. The Kier molecular flexibility index (Phi) is 4.42. The minimum Gasteiger partial charge on any atom is -0.303 e. The van der Waals surface area contributed by atoms with E-state index in [0.717, 1.165) is 15.4 Å². The summed E-state index contributed by atoms with van der Waals surface area (Å²) in [6, 6.07) is 0.766. The molecule has 0 unspecified atom stereocenters. The summed E-state index contributed by atoms with van der Waals surface area (Å²) in [6.45, 7) is -1.65. The lowest BCUT2D eigenvalue weighted by molar-refractivity contribution is -0.118. The number of hydrogen-bond donors (Lipinski definition) is 0. The van der Waals surface area contributed by atoms with Crippen molar-refractivity contribution in [1.29, 1.82) is 0 Å². The highest BCUT2D eigenvalue weighted by Crippen LogP contribution is 2.30. The molecule has 0 spiro atoms. The van der Waals surface area contributed by atoms with Crippen molar-refractivity contribution in [2.45, 2.75) is 6.18 Å². The van der Waals surface area contributed by atoms with Gasteiger partial charge in [0, 0.05) is 19.2 Å². The van der Waals surface area contributed by atoms with Gasteiger partial charge in [0.15, 0.2) is 5.49 Å². The van der Waals surface area contributed by atoms with Crippen molar-refractivity contribution in [3.63, 3.8) is 0 Å². The molecule has 0 bridgehead atoms. The summed E-state index contributed by atoms with van der Waals surface area (Å²) < 4.78 is 81.5. The zero-order chi connectivity index (χ0) is 19.2. The Hall–Kier alpha value is -2.56. The fourth-order valence-corrected chi connectivity index (χ4v) is 2.63. The van der Waals surface area contributed by atoms with Crippen LogP contribution in [-0.4, -0.2) is 31.9 Å². The second-order valence-corrected chi connectivity index (χ2v) is 5.55. The third-order valence-electron chi connectivity index (χ3n) is 3.42. The van der Waals surface area contributed by atoms with Crippen molar-refractivity contribution < 1.29 is 26.3 Å². The largest absolute Gasteiger partial charge is 0.408 e. The van der Waals surface area contributed by atoms with Crippen LogP contribution >= 0.6 is 11.6 Å². The van der Waals surface area contributed by atoms with E-state index in [0.29, 0.717) is 12.1 Å². The fraction of sp³-hybridized carbons (Fsp3) is 0.214. The van der Waals surface area contributed by atoms with E-state index in [4.69, 9.17) is 11.6 Å². The van der Waals surface area contributed by atoms with Crippen LogP contribution in [0.1, 0.15) is 0 Å². The molecule has 2 aromatic heterocycles. The lowest BCUT2D eigenvalue weighted by atomic mass is 10.1. The van der Waals surface area contributed by atoms with Crippen LogP contribution in [0, 0.1) is 17.5 Å². The molecule has 26 heavy (non-hydrogen) atoms. The van der Waals surface area contributed by atoms with Gasteiger partial charge in [0.25, 0.3) is 0 Å². The molecule has 0 saturated carbocycles. The maximum atomic E-state index is 14.2. The summed E-state index contributed by atoms with van der Waals surface area (Å²) in [5.41, 5.74) is -1.90. The highest BCUT2D eigenvalue weighted by atomic mass is 35.5. The van der Waals surface area contributed by atoms with Gasteiger partial charge in [0.1, 0.15) is 35.5 Å². The monoisotopic (exact) mass is 395 g/mol. The van der Waals surface area contributed by atoms with Gasteiger partial charge in [0.2, 0.25) is 5.78 Å². The topological polar surface area (TPSA) is 47.5 Å². The van der Waals surface area contributed by atoms with Gasteiger partial charge in [-0.2, -0.15) is 27.8 Å². The van der Waals surface area contributed by atoms with Gasteiger partial charge in [-0.25, -0.2) is 13.2 Å². The number of hydrogen-bond acceptors (Lipinski definition) is 3. The van der Waals surface area contributed by atoms with Crippen molar-refractivity contribution in [2.24, 2.45) is 12.0 Å². The Morgan fingerprint density at radius 1 is 1.12 bits per heavy atom. The van der Waals surface area contributed by atoms with E-state index in [1.165, 1.54) is 7.05 Å². The Morgan fingerprint density at radius 3 is 2.31 bits per heavy atom. The Labute approximate surface area is 146 Å². The van der Waals surface area contributed by atoms with Crippen LogP contribution in [0.5, 0.6) is 0 Å². The van der Waals surface area contributed by atoms with Gasteiger partial charge in [-0.15, -0.1) is 0 Å². The quantitative estimate of drug-likeness (QED) is 0.494. The van der Waals surface area contributed by atoms with Crippen LogP contribution in [0.25, 0.3) is 16.9 Å². The molecule has 3 aromatic rings. The molecule has 0 fully saturated rings. The zero-order valence-corrected chi connectivity index (χ0v) is 13.6. The molecule has 0 radical (unpaired) electrons. The molecular weight excluding hydrogens is 388 g/mol. The number of nitrogens with zero attached hydrogens (tertiary/aromatic N) is 5. The summed E-state index contributed by atoms with van der Waals surface area (Å²) >= 11 is 6.12. The molecule has 0 aliphatic heterocycles. The molecule has 3 rings (SSSR count). The van der Waals surface area contributed by atoms with Crippen LogP contribution in [0.2, 0.25) is 5.15 Å². The summed E-state index contributed by atoms with van der Waals surface area (Å²) in [6.07, 6.45) is -3.67. The minimum atomic E-state index is -4.69. The van der Waals surface area contributed by atoms with Crippen molar-refractivity contribution in [3.8, 4) is 11.1 Å². The average molecular weight is 396 g/mol. The Bertz CT molecular complexity index is 1050. The molecule has 1 aromatic carbocycles. The van der Waals surface area contributed by atoms with Gasteiger partial charge in [-0.05, 0) is 0 Å². The number of alkyl halides is 3. The van der Waals surface area contributed by atoms with Crippen molar-refractivity contribution in [3.05, 3.63) is 46.6 Å². The maximum Gasteiger partial charge on any atom is 0.408 e. The molecule has 5 nitrogen and oxygen atoms in total. The molecule has 0 atom stereocenters. The molecule has 138 valence electrons. The molecule has 0 aliphatic rings. The predicted octanol–water partition coefficient (Wildman–Crippen LogP) is 3.27. The van der Waals surface area contributed by atoms with E-state index in [2.05, 4.69) is 15.1 Å². The van der Waals surface area contributed by atoms with E-state index in [9.17, 15) is 26.3 Å². The molecule has 12 heteroatoms. The lowest BCUT2D eigenvalue weighted by Gasteiger charge is -2.14. The summed E-state index contributed by atoms with van der Waals surface area (Å²) in [5.74, 6) is -3.91. The molecule has 0 saturated heterocycles. The summed E-state index contributed by atoms with van der Waals surface area (Å²) in [4.78, 5) is 7.19. The number of aromatic nitrogens is 4. The smallest absolute Gasteiger partial charge is 0.303 e. The molecule has 0 amide bonds. The van der Waals surface area contributed by atoms with E-state index in [1.54, 1.807) is 0 Å². The van der Waals surface area contributed by atoms with Gasteiger partial charge in [-0.3, -0.25) is 4.99 Å². The fourth-order valence-electron chi connectivity index (χ4n) is 2.37. The van der Waals surface area contributed by atoms with Crippen LogP contribution in [0.4, 0.5) is 26.3 Å². The first-order valence-electron chi connectivity index (χ1n) is 6.90. The zero-order valence-electron chi connectivity index (χ0n) is 12.8.